The molecule has 0 spiro atoms. The highest BCUT2D eigenvalue weighted by Gasteiger charge is 2.22. The Morgan fingerprint density at radius 2 is 1.83 bits per heavy atom. The SMILES string of the molecule is Cc1cc(Br)ccc1NC(=O)CN(C)C(=O)CNC(=O)C(C)(C)C. The van der Waals surface area contributed by atoms with Crippen molar-refractivity contribution in [2.75, 3.05) is 25.5 Å². The van der Waals surface area contributed by atoms with E-state index in [9.17, 15) is 14.4 Å². The number of rotatable bonds is 5. The number of amides is 3. The van der Waals surface area contributed by atoms with Gasteiger partial charge in [0.1, 0.15) is 0 Å². The average molecular weight is 398 g/mol. The van der Waals surface area contributed by atoms with Crippen molar-refractivity contribution in [2.45, 2.75) is 27.7 Å². The summed E-state index contributed by atoms with van der Waals surface area (Å²) in [5.41, 5.74) is 1.06. The Labute approximate surface area is 151 Å². The Bertz CT molecular complexity index is 638. The maximum absolute atomic E-state index is 12.1. The second-order valence-corrected chi connectivity index (χ2v) is 7.61. The van der Waals surface area contributed by atoms with Crippen LogP contribution in [-0.4, -0.2) is 42.8 Å². The van der Waals surface area contributed by atoms with Gasteiger partial charge in [0.2, 0.25) is 17.7 Å². The molecule has 1 rings (SSSR count). The van der Waals surface area contributed by atoms with Crippen LogP contribution in [0.1, 0.15) is 26.3 Å². The first-order valence-electron chi connectivity index (χ1n) is 7.59. The molecule has 7 heteroatoms. The Morgan fingerprint density at radius 3 is 2.38 bits per heavy atom. The fourth-order valence-electron chi connectivity index (χ4n) is 1.82. The summed E-state index contributed by atoms with van der Waals surface area (Å²) in [6.45, 7) is 6.98. The summed E-state index contributed by atoms with van der Waals surface area (Å²) >= 11 is 3.36. The van der Waals surface area contributed by atoms with E-state index in [0.29, 0.717) is 5.69 Å². The van der Waals surface area contributed by atoms with Crippen molar-refractivity contribution < 1.29 is 14.4 Å². The van der Waals surface area contributed by atoms with Gasteiger partial charge in [-0.1, -0.05) is 36.7 Å². The van der Waals surface area contributed by atoms with Gasteiger partial charge in [-0.2, -0.15) is 0 Å². The van der Waals surface area contributed by atoms with E-state index in [2.05, 4.69) is 26.6 Å². The molecule has 0 aliphatic carbocycles. The molecule has 0 unspecified atom stereocenters. The molecule has 6 nitrogen and oxygen atoms in total. The van der Waals surface area contributed by atoms with Crippen LogP contribution in [0.2, 0.25) is 0 Å². The molecule has 0 saturated carbocycles. The summed E-state index contributed by atoms with van der Waals surface area (Å²) in [5, 5.41) is 5.35. The van der Waals surface area contributed by atoms with Gasteiger partial charge >= 0.3 is 0 Å². The van der Waals surface area contributed by atoms with Gasteiger partial charge in [0.25, 0.3) is 0 Å². The summed E-state index contributed by atoms with van der Waals surface area (Å²) in [7, 11) is 1.53. The summed E-state index contributed by atoms with van der Waals surface area (Å²) in [4.78, 5) is 37.1. The molecule has 24 heavy (non-hydrogen) atoms. The van der Waals surface area contributed by atoms with Gasteiger partial charge in [0.05, 0.1) is 13.1 Å². The molecule has 0 heterocycles. The summed E-state index contributed by atoms with van der Waals surface area (Å²) in [5.74, 6) is -0.826. The molecule has 1 aromatic carbocycles. The Morgan fingerprint density at radius 1 is 1.21 bits per heavy atom. The zero-order valence-corrected chi connectivity index (χ0v) is 16.3. The van der Waals surface area contributed by atoms with E-state index in [-0.39, 0.29) is 30.8 Å². The first-order chi connectivity index (χ1) is 11.0. The van der Waals surface area contributed by atoms with E-state index in [0.717, 1.165) is 10.0 Å². The predicted octanol–water partition coefficient (Wildman–Crippen LogP) is 2.32. The number of nitrogens with zero attached hydrogens (tertiary/aromatic N) is 1. The molecule has 0 radical (unpaired) electrons. The van der Waals surface area contributed by atoms with Crippen molar-refractivity contribution in [3.8, 4) is 0 Å². The van der Waals surface area contributed by atoms with Crippen molar-refractivity contribution in [1.29, 1.82) is 0 Å². The van der Waals surface area contributed by atoms with E-state index in [1.54, 1.807) is 26.8 Å². The molecule has 0 aliphatic heterocycles. The zero-order chi connectivity index (χ0) is 18.5. The van der Waals surface area contributed by atoms with Crippen molar-refractivity contribution in [2.24, 2.45) is 5.41 Å². The first kappa shape index (κ1) is 20.2. The minimum atomic E-state index is -0.560. The number of hydrogen-bond donors (Lipinski definition) is 2. The van der Waals surface area contributed by atoms with Crippen LogP contribution >= 0.6 is 15.9 Å². The number of anilines is 1. The van der Waals surface area contributed by atoms with E-state index >= 15 is 0 Å². The van der Waals surface area contributed by atoms with Gasteiger partial charge in [0.15, 0.2) is 0 Å². The third-order valence-corrected chi connectivity index (χ3v) is 3.84. The standard InChI is InChI=1S/C17H24BrN3O3/c1-11-8-12(18)6-7-13(11)20-14(22)10-21(5)15(23)9-19-16(24)17(2,3)4/h6-8H,9-10H2,1-5H3,(H,19,24)(H,20,22). The van der Waals surface area contributed by atoms with Crippen LogP contribution < -0.4 is 10.6 Å². The number of halogens is 1. The molecule has 0 fully saturated rings. The van der Waals surface area contributed by atoms with E-state index in [4.69, 9.17) is 0 Å². The number of carbonyl (C=O) groups excluding carboxylic acids is 3. The molecular weight excluding hydrogens is 374 g/mol. The van der Waals surface area contributed by atoms with Crippen LogP contribution in [-0.2, 0) is 14.4 Å². The summed E-state index contributed by atoms with van der Waals surface area (Å²) in [6.07, 6.45) is 0. The number of hydrogen-bond acceptors (Lipinski definition) is 3. The van der Waals surface area contributed by atoms with Crippen molar-refractivity contribution in [3.63, 3.8) is 0 Å². The highest BCUT2D eigenvalue weighted by atomic mass is 79.9. The van der Waals surface area contributed by atoms with Crippen molar-refractivity contribution in [3.05, 3.63) is 28.2 Å². The lowest BCUT2D eigenvalue weighted by molar-refractivity contribution is -0.135. The third-order valence-electron chi connectivity index (χ3n) is 3.35. The molecule has 0 saturated heterocycles. The van der Waals surface area contributed by atoms with Crippen LogP contribution in [0.5, 0.6) is 0 Å². The van der Waals surface area contributed by atoms with Gasteiger partial charge in [-0.25, -0.2) is 0 Å². The van der Waals surface area contributed by atoms with Gasteiger partial charge in [-0.15, -0.1) is 0 Å². The fraction of sp³-hybridized carbons (Fsp3) is 0.471. The second-order valence-electron chi connectivity index (χ2n) is 6.69. The monoisotopic (exact) mass is 397 g/mol. The Balaban J connectivity index is 2.51. The molecule has 1 aromatic rings. The Kier molecular flexibility index (Phi) is 6.95. The number of likely N-dealkylation sites (N-methyl/N-ethyl adjacent to an activating group) is 1. The largest absolute Gasteiger partial charge is 0.347 e. The minimum Gasteiger partial charge on any atom is -0.347 e. The van der Waals surface area contributed by atoms with Gasteiger partial charge in [-0.05, 0) is 30.7 Å². The third kappa shape index (κ3) is 6.31. The number of carbonyl (C=O) groups is 3. The Hall–Kier alpha value is -1.89. The molecular formula is C17H24BrN3O3. The molecule has 0 bridgehead atoms. The number of aryl methyl sites for hydroxylation is 1. The maximum atomic E-state index is 12.1. The fourth-order valence-corrected chi connectivity index (χ4v) is 2.29. The molecule has 3 amide bonds. The van der Waals surface area contributed by atoms with E-state index < -0.39 is 5.41 Å². The second kappa shape index (κ2) is 8.28. The van der Waals surface area contributed by atoms with Crippen LogP contribution in [0.25, 0.3) is 0 Å². The van der Waals surface area contributed by atoms with Crippen LogP contribution in [0.4, 0.5) is 5.69 Å². The summed E-state index contributed by atoms with van der Waals surface area (Å²) < 4.78 is 0.930. The van der Waals surface area contributed by atoms with Crippen LogP contribution in [0.3, 0.4) is 0 Å². The molecule has 0 atom stereocenters. The van der Waals surface area contributed by atoms with Gasteiger partial charge in [-0.3, -0.25) is 14.4 Å². The lowest BCUT2D eigenvalue weighted by atomic mass is 9.96. The minimum absolute atomic E-state index is 0.0836. The van der Waals surface area contributed by atoms with E-state index in [1.807, 2.05) is 19.1 Å². The molecule has 2 N–H and O–H groups in total. The lowest BCUT2D eigenvalue weighted by Crippen LogP contribution is -2.44. The van der Waals surface area contributed by atoms with Gasteiger partial charge in [0, 0.05) is 22.6 Å². The molecule has 0 aliphatic rings. The van der Waals surface area contributed by atoms with Crippen molar-refractivity contribution in [1.82, 2.24) is 10.2 Å². The average Bonchev–Trinajstić information content (AvgIpc) is 2.46. The first-order valence-corrected chi connectivity index (χ1v) is 8.38. The quantitative estimate of drug-likeness (QED) is 0.799. The summed E-state index contributed by atoms with van der Waals surface area (Å²) in [6, 6.07) is 5.52. The smallest absolute Gasteiger partial charge is 0.243 e. The van der Waals surface area contributed by atoms with E-state index in [1.165, 1.54) is 11.9 Å². The van der Waals surface area contributed by atoms with Gasteiger partial charge < -0.3 is 15.5 Å². The maximum Gasteiger partial charge on any atom is 0.243 e. The lowest BCUT2D eigenvalue weighted by Gasteiger charge is -2.20. The number of benzene rings is 1. The molecule has 132 valence electrons. The predicted molar refractivity (Wildman–Crippen MR) is 97.6 cm³/mol. The highest BCUT2D eigenvalue weighted by Crippen LogP contribution is 2.19. The normalized spacial score (nSPS) is 10.9. The van der Waals surface area contributed by atoms with Crippen molar-refractivity contribution >= 4 is 39.3 Å². The molecule has 0 aromatic heterocycles. The zero-order valence-electron chi connectivity index (χ0n) is 14.7. The highest BCUT2D eigenvalue weighted by molar-refractivity contribution is 9.10. The number of nitrogens with one attached hydrogen (secondary N) is 2. The van der Waals surface area contributed by atoms with Crippen LogP contribution in [0.15, 0.2) is 22.7 Å². The van der Waals surface area contributed by atoms with Crippen LogP contribution in [0, 0.1) is 12.3 Å². The topological polar surface area (TPSA) is 78.5 Å².